The SMILES string of the molecule is O=C(NC(CCC(=O)N1CC(CCl)c2c1cc(OCc1ccccc1)c1ccccc21)C(=O)N1CC(CCl)c2c1cc(OCc1ccccc1)c1ccccc21)OCC1c2ccccc2-c2ccccc21. The predicted molar refractivity (Wildman–Crippen MR) is 282 cm³/mol. The summed E-state index contributed by atoms with van der Waals surface area (Å²) < 4.78 is 19.0. The standard InChI is InChI=1S/C60H51Cl2N3O6/c61-31-40-33-64(52-29-54(69-35-38-15-3-1-4-16-38)46-23-11-13-25-48(46)57(40)52)56(66)28-27-51(63-60(68)71-37-50-44-21-9-7-19-42(44)43-20-8-10-22-45(43)50)59(67)65-34-41(32-62)58-49-26-14-12-24-47(49)55(30-53(58)65)70-36-39-17-5-2-6-18-39/h1-26,29-30,40-41,50-51H,27-28,31-37H2,(H,63,68). The minimum absolute atomic E-state index is 0.00744. The molecule has 3 amide bonds. The van der Waals surface area contributed by atoms with E-state index in [1.54, 1.807) is 9.80 Å². The first-order valence-corrected chi connectivity index (χ1v) is 25.2. The van der Waals surface area contributed by atoms with Crippen LogP contribution in [0.4, 0.5) is 16.2 Å². The van der Waals surface area contributed by atoms with Crippen LogP contribution >= 0.6 is 23.2 Å². The van der Waals surface area contributed by atoms with Gasteiger partial charge in [0.2, 0.25) is 11.8 Å². The maximum absolute atomic E-state index is 15.3. The quantitative estimate of drug-likeness (QED) is 0.103. The number of carbonyl (C=O) groups excluding carboxylic acids is 3. The third kappa shape index (κ3) is 8.94. The predicted octanol–water partition coefficient (Wildman–Crippen LogP) is 12.9. The van der Waals surface area contributed by atoms with Crippen molar-refractivity contribution in [1.82, 2.24) is 5.32 Å². The number of nitrogens with one attached hydrogen (secondary N) is 1. The molecule has 9 nitrogen and oxygen atoms in total. The zero-order valence-corrected chi connectivity index (χ0v) is 40.5. The van der Waals surface area contributed by atoms with Crippen molar-refractivity contribution in [3.05, 3.63) is 203 Å². The molecular weight excluding hydrogens is 930 g/mol. The van der Waals surface area contributed by atoms with E-state index < -0.39 is 12.1 Å². The molecule has 0 saturated carbocycles. The molecule has 3 aliphatic rings. The molecule has 1 aliphatic carbocycles. The highest BCUT2D eigenvalue weighted by Crippen LogP contribution is 2.48. The van der Waals surface area contributed by atoms with Gasteiger partial charge in [-0.2, -0.15) is 0 Å². The van der Waals surface area contributed by atoms with E-state index in [1.165, 1.54) is 0 Å². The van der Waals surface area contributed by atoms with Crippen LogP contribution < -0.4 is 24.6 Å². The molecule has 1 N–H and O–H groups in total. The van der Waals surface area contributed by atoms with Crippen LogP contribution in [-0.4, -0.2) is 55.4 Å². The number of fused-ring (bicyclic) bond motifs is 9. The van der Waals surface area contributed by atoms with Gasteiger partial charge in [-0.25, -0.2) is 4.79 Å². The summed E-state index contributed by atoms with van der Waals surface area (Å²) in [6.45, 7) is 1.36. The molecule has 3 atom stereocenters. The van der Waals surface area contributed by atoms with Crippen molar-refractivity contribution in [2.24, 2.45) is 0 Å². The lowest BCUT2D eigenvalue weighted by atomic mass is 9.95. The van der Waals surface area contributed by atoms with E-state index in [-0.39, 0.29) is 61.4 Å². The first-order chi connectivity index (χ1) is 34.9. The van der Waals surface area contributed by atoms with Crippen molar-refractivity contribution in [2.75, 3.05) is 41.3 Å². The van der Waals surface area contributed by atoms with E-state index >= 15 is 4.79 Å². The number of anilines is 2. The van der Waals surface area contributed by atoms with Gasteiger partial charge in [0, 0.05) is 71.9 Å². The summed E-state index contributed by atoms with van der Waals surface area (Å²) in [7, 11) is 0. The van der Waals surface area contributed by atoms with Gasteiger partial charge in [-0.3, -0.25) is 9.59 Å². The van der Waals surface area contributed by atoms with E-state index in [4.69, 9.17) is 37.4 Å². The van der Waals surface area contributed by atoms with Crippen molar-refractivity contribution < 1.29 is 28.6 Å². The topological polar surface area (TPSA) is 97.4 Å². The normalized spacial score (nSPS) is 16.0. The van der Waals surface area contributed by atoms with Crippen LogP contribution in [0.3, 0.4) is 0 Å². The molecule has 0 spiro atoms. The van der Waals surface area contributed by atoms with Crippen LogP contribution in [0, 0.1) is 0 Å². The summed E-state index contributed by atoms with van der Waals surface area (Å²) in [6, 6.07) is 54.9. The Balaban J connectivity index is 0.900. The van der Waals surface area contributed by atoms with E-state index in [0.29, 0.717) is 42.8 Å². The minimum Gasteiger partial charge on any atom is -0.488 e. The second-order valence-corrected chi connectivity index (χ2v) is 19.1. The van der Waals surface area contributed by atoms with Crippen molar-refractivity contribution in [2.45, 2.75) is 49.9 Å². The first-order valence-electron chi connectivity index (χ1n) is 24.2. The number of ether oxygens (including phenoxy) is 3. The molecule has 8 aromatic rings. The molecule has 0 radical (unpaired) electrons. The van der Waals surface area contributed by atoms with Crippen LogP contribution in [0.2, 0.25) is 0 Å². The summed E-state index contributed by atoms with van der Waals surface area (Å²) >= 11 is 13.4. The number of benzene rings is 8. The number of halogens is 2. The lowest BCUT2D eigenvalue weighted by Crippen LogP contribution is -2.49. The number of amides is 3. The zero-order valence-electron chi connectivity index (χ0n) is 38.9. The molecule has 11 heteroatoms. The molecule has 0 aromatic heterocycles. The third-order valence-corrected chi connectivity index (χ3v) is 15.0. The summed E-state index contributed by atoms with van der Waals surface area (Å²) in [5, 5.41) is 6.71. The Bertz CT molecular complexity index is 3250. The third-order valence-electron chi connectivity index (χ3n) is 14.3. The average Bonchev–Trinajstić information content (AvgIpc) is 4.10. The first kappa shape index (κ1) is 46.1. The number of alkyl halides is 2. The van der Waals surface area contributed by atoms with Gasteiger partial charge in [0.1, 0.15) is 37.4 Å². The van der Waals surface area contributed by atoms with Crippen molar-refractivity contribution in [3.63, 3.8) is 0 Å². The molecule has 71 heavy (non-hydrogen) atoms. The molecule has 3 unspecified atom stereocenters. The van der Waals surface area contributed by atoms with E-state index in [9.17, 15) is 9.59 Å². The average molecular weight is 981 g/mol. The Morgan fingerprint density at radius 2 is 1.01 bits per heavy atom. The van der Waals surface area contributed by atoms with Gasteiger partial charge >= 0.3 is 6.09 Å². The van der Waals surface area contributed by atoms with Gasteiger partial charge in [-0.15, -0.1) is 23.2 Å². The zero-order chi connectivity index (χ0) is 48.4. The lowest BCUT2D eigenvalue weighted by molar-refractivity contribution is -0.121. The number of nitrogens with zero attached hydrogens (tertiary/aromatic N) is 2. The highest BCUT2D eigenvalue weighted by Gasteiger charge is 2.40. The largest absolute Gasteiger partial charge is 0.488 e. The van der Waals surface area contributed by atoms with Gasteiger partial charge in [0.15, 0.2) is 0 Å². The van der Waals surface area contributed by atoms with Crippen LogP contribution in [-0.2, 0) is 27.5 Å². The highest BCUT2D eigenvalue weighted by molar-refractivity contribution is 6.19. The fourth-order valence-corrected chi connectivity index (χ4v) is 11.4. The molecule has 0 fully saturated rings. The summed E-state index contributed by atoms with van der Waals surface area (Å²) in [6.07, 6.45) is -0.826. The molecule has 2 aliphatic heterocycles. The lowest BCUT2D eigenvalue weighted by Gasteiger charge is -2.26. The maximum atomic E-state index is 15.3. The van der Waals surface area contributed by atoms with Crippen LogP contribution in [0.15, 0.2) is 170 Å². The van der Waals surface area contributed by atoms with Gasteiger partial charge in [-0.1, -0.05) is 158 Å². The van der Waals surface area contributed by atoms with E-state index in [2.05, 4.69) is 29.6 Å². The number of hydrogen-bond acceptors (Lipinski definition) is 6. The number of alkyl carbamates (subject to hydrolysis) is 1. The summed E-state index contributed by atoms with van der Waals surface area (Å²) in [5.41, 5.74) is 9.67. The van der Waals surface area contributed by atoms with Crippen LogP contribution in [0.1, 0.15) is 64.0 Å². The summed E-state index contributed by atoms with van der Waals surface area (Å²) in [4.78, 5) is 47.7. The van der Waals surface area contributed by atoms with E-state index in [0.717, 1.165) is 71.7 Å². The van der Waals surface area contributed by atoms with Gasteiger partial charge < -0.3 is 29.3 Å². The highest BCUT2D eigenvalue weighted by atomic mass is 35.5. The number of carbonyl (C=O) groups is 3. The molecule has 8 aromatic carbocycles. The Morgan fingerprint density at radius 3 is 1.54 bits per heavy atom. The van der Waals surface area contributed by atoms with Gasteiger partial charge in [0.05, 0.1) is 11.4 Å². The fourth-order valence-electron chi connectivity index (χ4n) is 10.9. The fraction of sp³-hybridized carbons (Fsp3) is 0.217. The number of rotatable bonds is 15. The molecule has 356 valence electrons. The Morgan fingerprint density at radius 1 is 0.563 bits per heavy atom. The Labute approximate surface area is 422 Å². The molecule has 11 rings (SSSR count). The Kier molecular flexibility index (Phi) is 13.1. The molecular formula is C60H51Cl2N3O6. The maximum Gasteiger partial charge on any atom is 0.407 e. The monoisotopic (exact) mass is 979 g/mol. The second-order valence-electron chi connectivity index (χ2n) is 18.5. The van der Waals surface area contributed by atoms with Crippen molar-refractivity contribution in [3.8, 4) is 22.6 Å². The van der Waals surface area contributed by atoms with Crippen molar-refractivity contribution in [1.29, 1.82) is 0 Å². The van der Waals surface area contributed by atoms with Gasteiger partial charge in [0.25, 0.3) is 0 Å². The van der Waals surface area contributed by atoms with Gasteiger partial charge in [-0.05, 0) is 61.7 Å². The van der Waals surface area contributed by atoms with Crippen LogP contribution in [0.5, 0.6) is 11.5 Å². The van der Waals surface area contributed by atoms with Crippen LogP contribution in [0.25, 0.3) is 32.7 Å². The summed E-state index contributed by atoms with van der Waals surface area (Å²) in [5.74, 6) is 0.711. The van der Waals surface area contributed by atoms with E-state index in [1.807, 2.05) is 146 Å². The minimum atomic E-state index is -1.15. The second kappa shape index (κ2) is 20.2. The smallest absolute Gasteiger partial charge is 0.407 e. The molecule has 2 heterocycles. The number of hydrogen-bond donors (Lipinski definition) is 1. The molecule has 0 saturated heterocycles. The Hall–Kier alpha value is -7.33. The van der Waals surface area contributed by atoms with Crippen molar-refractivity contribution >= 4 is 74.0 Å². The molecule has 0 bridgehead atoms.